The van der Waals surface area contributed by atoms with Gasteiger partial charge in [-0.25, -0.2) is 5.43 Å². The van der Waals surface area contributed by atoms with Gasteiger partial charge in [0.1, 0.15) is 0 Å². The SMILES string of the molecule is CCCC(C)=NNC(=O)C1CC1c1ccccc1. The molecule has 96 valence electrons. The molecule has 1 aromatic rings. The van der Waals surface area contributed by atoms with Crippen LogP contribution in [-0.4, -0.2) is 11.6 Å². The first kappa shape index (κ1) is 12.8. The van der Waals surface area contributed by atoms with E-state index in [-0.39, 0.29) is 11.8 Å². The Labute approximate surface area is 108 Å². The number of amides is 1. The number of carbonyl (C=O) groups excluding carboxylic acids is 1. The van der Waals surface area contributed by atoms with Crippen LogP contribution in [-0.2, 0) is 4.79 Å². The van der Waals surface area contributed by atoms with Crippen molar-refractivity contribution in [3.8, 4) is 0 Å². The van der Waals surface area contributed by atoms with E-state index in [9.17, 15) is 4.79 Å². The average Bonchev–Trinajstić information content (AvgIpc) is 3.18. The monoisotopic (exact) mass is 244 g/mol. The molecule has 18 heavy (non-hydrogen) atoms. The molecular formula is C15H20N2O. The lowest BCUT2D eigenvalue weighted by atomic mass is 10.1. The number of rotatable bonds is 5. The molecule has 0 aliphatic heterocycles. The molecule has 1 N–H and O–H groups in total. The summed E-state index contributed by atoms with van der Waals surface area (Å²) in [5, 5.41) is 4.12. The Kier molecular flexibility index (Phi) is 4.13. The Morgan fingerprint density at radius 1 is 1.39 bits per heavy atom. The molecule has 1 aromatic carbocycles. The van der Waals surface area contributed by atoms with Crippen LogP contribution in [0.3, 0.4) is 0 Å². The summed E-state index contributed by atoms with van der Waals surface area (Å²) in [7, 11) is 0. The van der Waals surface area contributed by atoms with Crippen LogP contribution in [0.25, 0.3) is 0 Å². The predicted octanol–water partition coefficient (Wildman–Crippen LogP) is 3.08. The normalized spacial score (nSPS) is 22.7. The van der Waals surface area contributed by atoms with Crippen LogP contribution in [0.4, 0.5) is 0 Å². The summed E-state index contributed by atoms with van der Waals surface area (Å²) in [5.41, 5.74) is 4.92. The summed E-state index contributed by atoms with van der Waals surface area (Å²) in [6.07, 6.45) is 2.94. The number of carbonyl (C=O) groups is 1. The third kappa shape index (κ3) is 3.19. The summed E-state index contributed by atoms with van der Waals surface area (Å²) < 4.78 is 0. The lowest BCUT2D eigenvalue weighted by molar-refractivity contribution is -0.122. The quantitative estimate of drug-likeness (QED) is 0.627. The molecule has 1 aliphatic rings. The van der Waals surface area contributed by atoms with E-state index >= 15 is 0 Å². The molecule has 1 aliphatic carbocycles. The first-order chi connectivity index (χ1) is 8.72. The lowest BCUT2D eigenvalue weighted by Crippen LogP contribution is -2.21. The second-order valence-corrected chi connectivity index (χ2v) is 4.93. The van der Waals surface area contributed by atoms with Crippen LogP contribution in [0.2, 0.25) is 0 Å². The molecule has 0 aromatic heterocycles. The van der Waals surface area contributed by atoms with E-state index in [1.165, 1.54) is 5.56 Å². The number of benzene rings is 1. The zero-order valence-corrected chi connectivity index (χ0v) is 11.0. The van der Waals surface area contributed by atoms with E-state index in [0.717, 1.165) is 25.0 Å². The lowest BCUT2D eigenvalue weighted by Gasteiger charge is -2.01. The van der Waals surface area contributed by atoms with Crippen molar-refractivity contribution in [1.29, 1.82) is 0 Å². The molecule has 2 atom stereocenters. The fourth-order valence-corrected chi connectivity index (χ4v) is 2.20. The molecule has 1 fully saturated rings. The summed E-state index contributed by atoms with van der Waals surface area (Å²) in [4.78, 5) is 11.9. The Morgan fingerprint density at radius 2 is 2.11 bits per heavy atom. The molecule has 0 saturated heterocycles. The van der Waals surface area contributed by atoms with Gasteiger partial charge in [0.05, 0.1) is 0 Å². The first-order valence-electron chi connectivity index (χ1n) is 6.60. The van der Waals surface area contributed by atoms with Gasteiger partial charge < -0.3 is 0 Å². The van der Waals surface area contributed by atoms with Gasteiger partial charge in [0.25, 0.3) is 0 Å². The molecule has 1 saturated carbocycles. The highest BCUT2D eigenvalue weighted by Gasteiger charge is 2.43. The Bertz CT molecular complexity index is 439. The Balaban J connectivity index is 1.85. The molecule has 1 amide bonds. The number of hydrogen-bond donors (Lipinski definition) is 1. The Morgan fingerprint density at radius 3 is 2.78 bits per heavy atom. The minimum atomic E-state index is 0.0549. The molecule has 0 heterocycles. The third-order valence-corrected chi connectivity index (χ3v) is 3.32. The number of nitrogens with zero attached hydrogens (tertiary/aromatic N) is 1. The van der Waals surface area contributed by atoms with Crippen LogP contribution in [0, 0.1) is 5.92 Å². The zero-order valence-electron chi connectivity index (χ0n) is 11.0. The van der Waals surface area contributed by atoms with Crippen molar-refractivity contribution in [3.63, 3.8) is 0 Å². The van der Waals surface area contributed by atoms with E-state index < -0.39 is 0 Å². The number of hydrogen-bond acceptors (Lipinski definition) is 2. The fraction of sp³-hybridized carbons (Fsp3) is 0.467. The van der Waals surface area contributed by atoms with Gasteiger partial charge >= 0.3 is 0 Å². The van der Waals surface area contributed by atoms with Crippen molar-refractivity contribution in [2.45, 2.75) is 39.0 Å². The maximum absolute atomic E-state index is 11.9. The molecule has 3 heteroatoms. The van der Waals surface area contributed by atoms with Gasteiger partial charge in [0, 0.05) is 11.6 Å². The van der Waals surface area contributed by atoms with Crippen molar-refractivity contribution in [2.24, 2.45) is 11.0 Å². The van der Waals surface area contributed by atoms with Crippen molar-refractivity contribution in [3.05, 3.63) is 35.9 Å². The minimum absolute atomic E-state index is 0.0549. The van der Waals surface area contributed by atoms with Crippen molar-refractivity contribution < 1.29 is 4.79 Å². The molecule has 0 radical (unpaired) electrons. The largest absolute Gasteiger partial charge is 0.273 e. The van der Waals surface area contributed by atoms with Gasteiger partial charge in [0.15, 0.2) is 0 Å². The van der Waals surface area contributed by atoms with E-state index in [4.69, 9.17) is 0 Å². The van der Waals surface area contributed by atoms with Crippen molar-refractivity contribution >= 4 is 11.6 Å². The maximum atomic E-state index is 11.9. The first-order valence-corrected chi connectivity index (χ1v) is 6.60. The van der Waals surface area contributed by atoms with Crippen LogP contribution < -0.4 is 5.43 Å². The minimum Gasteiger partial charge on any atom is -0.273 e. The molecule has 0 bridgehead atoms. The highest BCUT2D eigenvalue weighted by Crippen LogP contribution is 2.47. The summed E-state index contributed by atoms with van der Waals surface area (Å²) in [6, 6.07) is 10.2. The second kappa shape index (κ2) is 5.80. The highest BCUT2D eigenvalue weighted by molar-refractivity contribution is 5.86. The molecule has 2 rings (SSSR count). The summed E-state index contributed by atoms with van der Waals surface area (Å²) >= 11 is 0. The van der Waals surface area contributed by atoms with Gasteiger partial charge in [0.2, 0.25) is 5.91 Å². The predicted molar refractivity (Wildman–Crippen MR) is 73.4 cm³/mol. The summed E-state index contributed by atoms with van der Waals surface area (Å²) in [6.45, 7) is 4.05. The van der Waals surface area contributed by atoms with E-state index in [0.29, 0.717) is 5.92 Å². The van der Waals surface area contributed by atoms with Crippen molar-refractivity contribution in [1.82, 2.24) is 5.43 Å². The maximum Gasteiger partial charge on any atom is 0.243 e. The average molecular weight is 244 g/mol. The van der Waals surface area contributed by atoms with Gasteiger partial charge in [-0.2, -0.15) is 5.10 Å². The van der Waals surface area contributed by atoms with Crippen LogP contribution in [0.5, 0.6) is 0 Å². The van der Waals surface area contributed by atoms with Crippen molar-refractivity contribution in [2.75, 3.05) is 0 Å². The van der Waals surface area contributed by atoms with Crippen LogP contribution >= 0.6 is 0 Å². The third-order valence-electron chi connectivity index (χ3n) is 3.32. The topological polar surface area (TPSA) is 41.5 Å². The molecule has 3 nitrogen and oxygen atoms in total. The highest BCUT2D eigenvalue weighted by atomic mass is 16.2. The van der Waals surface area contributed by atoms with Gasteiger partial charge in [-0.3, -0.25) is 4.79 Å². The van der Waals surface area contributed by atoms with Crippen LogP contribution in [0.1, 0.15) is 44.6 Å². The van der Waals surface area contributed by atoms with Gasteiger partial charge in [-0.1, -0.05) is 43.7 Å². The molecule has 0 spiro atoms. The summed E-state index contributed by atoms with van der Waals surface area (Å²) in [5.74, 6) is 0.540. The van der Waals surface area contributed by atoms with Gasteiger partial charge in [-0.15, -0.1) is 0 Å². The number of hydrazone groups is 1. The van der Waals surface area contributed by atoms with E-state index in [1.807, 2.05) is 25.1 Å². The molecular weight excluding hydrogens is 224 g/mol. The van der Waals surface area contributed by atoms with Crippen LogP contribution in [0.15, 0.2) is 35.4 Å². The number of nitrogens with one attached hydrogen (secondary N) is 1. The Hall–Kier alpha value is -1.64. The fourth-order valence-electron chi connectivity index (χ4n) is 2.20. The zero-order chi connectivity index (χ0) is 13.0. The smallest absolute Gasteiger partial charge is 0.243 e. The van der Waals surface area contributed by atoms with E-state index in [2.05, 4.69) is 29.6 Å². The second-order valence-electron chi connectivity index (χ2n) is 4.93. The standard InChI is InChI=1S/C15H20N2O/c1-3-7-11(2)16-17-15(18)14-10-13(14)12-8-5-4-6-9-12/h4-6,8-9,13-14H,3,7,10H2,1-2H3,(H,17,18). The molecule has 2 unspecified atom stereocenters. The van der Waals surface area contributed by atoms with Gasteiger partial charge in [-0.05, 0) is 31.2 Å². The van der Waals surface area contributed by atoms with E-state index in [1.54, 1.807) is 0 Å².